The first-order chi connectivity index (χ1) is 7.11. The molecule has 1 aliphatic heterocycles. The number of likely N-dealkylation sites (tertiary alicyclic amines) is 1. The summed E-state index contributed by atoms with van der Waals surface area (Å²) in [7, 11) is 1.51. The third kappa shape index (κ3) is 1.47. The molecule has 0 spiro atoms. The first kappa shape index (κ1) is 9.70. The average Bonchev–Trinajstić information content (AvgIpc) is 2.43. The van der Waals surface area contributed by atoms with Crippen molar-refractivity contribution in [3.63, 3.8) is 0 Å². The number of carbonyl (C=O) groups is 2. The van der Waals surface area contributed by atoms with Crippen LogP contribution in [0.2, 0.25) is 0 Å². The lowest BCUT2D eigenvalue weighted by molar-refractivity contribution is 0.0621. The van der Waals surface area contributed by atoms with Crippen molar-refractivity contribution in [3.8, 4) is 0 Å². The third-order valence-corrected chi connectivity index (χ3v) is 2.52. The summed E-state index contributed by atoms with van der Waals surface area (Å²) in [6.07, 6.45) is 2.29. The van der Waals surface area contributed by atoms with E-state index in [4.69, 9.17) is 5.11 Å². The third-order valence-electron chi connectivity index (χ3n) is 2.52. The standard InChI is InChI=1S/C9H11N3O3/c1-11-7(9(14)15)6(5-10-11)8(13)12-3-2-4-12/h5H,2-4H2,1H3,(H,14,15). The van der Waals surface area contributed by atoms with Crippen molar-refractivity contribution < 1.29 is 14.7 Å². The van der Waals surface area contributed by atoms with Crippen LogP contribution in [0, 0.1) is 0 Å². The van der Waals surface area contributed by atoms with E-state index in [2.05, 4.69) is 5.10 Å². The van der Waals surface area contributed by atoms with Crippen LogP contribution >= 0.6 is 0 Å². The Bertz CT molecular complexity index is 420. The van der Waals surface area contributed by atoms with E-state index in [0.717, 1.165) is 6.42 Å². The predicted octanol–water partition coefficient (Wildman–Crippen LogP) is -0.0358. The second-order valence-electron chi connectivity index (χ2n) is 3.48. The van der Waals surface area contributed by atoms with E-state index in [1.165, 1.54) is 17.9 Å². The fourth-order valence-corrected chi connectivity index (χ4v) is 1.54. The van der Waals surface area contributed by atoms with Gasteiger partial charge < -0.3 is 10.0 Å². The topological polar surface area (TPSA) is 75.4 Å². The lowest BCUT2D eigenvalue weighted by atomic mass is 10.1. The molecular weight excluding hydrogens is 198 g/mol. The molecule has 2 rings (SSSR count). The van der Waals surface area contributed by atoms with Crippen molar-refractivity contribution in [2.24, 2.45) is 7.05 Å². The summed E-state index contributed by atoms with van der Waals surface area (Å²) >= 11 is 0. The smallest absolute Gasteiger partial charge is 0.354 e. The fourth-order valence-electron chi connectivity index (χ4n) is 1.54. The first-order valence-electron chi connectivity index (χ1n) is 4.66. The van der Waals surface area contributed by atoms with Gasteiger partial charge >= 0.3 is 5.97 Å². The van der Waals surface area contributed by atoms with E-state index in [0.29, 0.717) is 13.1 Å². The molecule has 15 heavy (non-hydrogen) atoms. The highest BCUT2D eigenvalue weighted by molar-refractivity contribution is 6.03. The van der Waals surface area contributed by atoms with Crippen LogP contribution in [0.15, 0.2) is 6.20 Å². The summed E-state index contributed by atoms with van der Waals surface area (Å²) < 4.78 is 1.20. The van der Waals surface area contributed by atoms with Gasteiger partial charge in [-0.1, -0.05) is 0 Å². The highest BCUT2D eigenvalue weighted by Gasteiger charge is 2.28. The maximum Gasteiger partial charge on any atom is 0.354 e. The van der Waals surface area contributed by atoms with Gasteiger partial charge in [-0.3, -0.25) is 9.48 Å². The number of hydrogen-bond acceptors (Lipinski definition) is 3. The second-order valence-corrected chi connectivity index (χ2v) is 3.48. The van der Waals surface area contributed by atoms with Gasteiger partial charge in [0.05, 0.1) is 11.8 Å². The number of hydrogen-bond donors (Lipinski definition) is 1. The zero-order valence-electron chi connectivity index (χ0n) is 8.30. The van der Waals surface area contributed by atoms with Crippen LogP contribution in [-0.4, -0.2) is 44.8 Å². The van der Waals surface area contributed by atoms with Crippen molar-refractivity contribution in [2.75, 3.05) is 13.1 Å². The van der Waals surface area contributed by atoms with Gasteiger partial charge in [-0.2, -0.15) is 5.10 Å². The van der Waals surface area contributed by atoms with Gasteiger partial charge in [-0.15, -0.1) is 0 Å². The zero-order valence-corrected chi connectivity index (χ0v) is 8.30. The van der Waals surface area contributed by atoms with Crippen molar-refractivity contribution in [2.45, 2.75) is 6.42 Å². The Kier molecular flexibility index (Phi) is 2.18. The van der Waals surface area contributed by atoms with Crippen LogP contribution in [0.4, 0.5) is 0 Å². The number of aromatic nitrogens is 2. The highest BCUT2D eigenvalue weighted by Crippen LogP contribution is 2.15. The monoisotopic (exact) mass is 209 g/mol. The highest BCUT2D eigenvalue weighted by atomic mass is 16.4. The lowest BCUT2D eigenvalue weighted by Crippen LogP contribution is -2.42. The Balaban J connectivity index is 2.34. The van der Waals surface area contributed by atoms with Gasteiger partial charge in [0, 0.05) is 20.1 Å². The molecule has 0 aromatic carbocycles. The molecule has 2 heterocycles. The number of aryl methyl sites for hydroxylation is 1. The molecule has 80 valence electrons. The molecule has 1 amide bonds. The molecule has 1 aromatic heterocycles. The number of rotatable bonds is 2. The molecule has 1 fully saturated rings. The molecule has 0 bridgehead atoms. The number of carbonyl (C=O) groups excluding carboxylic acids is 1. The summed E-state index contributed by atoms with van der Waals surface area (Å²) in [6.45, 7) is 1.40. The predicted molar refractivity (Wildman–Crippen MR) is 50.7 cm³/mol. The van der Waals surface area contributed by atoms with Gasteiger partial charge in [0.2, 0.25) is 0 Å². The molecule has 0 unspecified atom stereocenters. The van der Waals surface area contributed by atoms with Gasteiger partial charge in [0.1, 0.15) is 0 Å². The van der Waals surface area contributed by atoms with Gasteiger partial charge in [-0.25, -0.2) is 4.79 Å². The van der Waals surface area contributed by atoms with Crippen molar-refractivity contribution in [1.29, 1.82) is 0 Å². The molecule has 0 aliphatic carbocycles. The van der Waals surface area contributed by atoms with Crippen LogP contribution in [-0.2, 0) is 7.05 Å². The van der Waals surface area contributed by atoms with E-state index in [9.17, 15) is 9.59 Å². The Morgan fingerprint density at radius 1 is 1.47 bits per heavy atom. The van der Waals surface area contributed by atoms with Crippen molar-refractivity contribution in [1.82, 2.24) is 14.7 Å². The minimum absolute atomic E-state index is 0.0492. The minimum Gasteiger partial charge on any atom is -0.477 e. The minimum atomic E-state index is -1.13. The molecular formula is C9H11N3O3. The van der Waals surface area contributed by atoms with E-state index in [1.807, 2.05) is 0 Å². The summed E-state index contributed by atoms with van der Waals surface area (Å²) in [5, 5.41) is 12.7. The second kappa shape index (κ2) is 3.38. The molecule has 0 radical (unpaired) electrons. The van der Waals surface area contributed by atoms with Crippen LogP contribution in [0.5, 0.6) is 0 Å². The van der Waals surface area contributed by atoms with E-state index < -0.39 is 5.97 Å². The van der Waals surface area contributed by atoms with E-state index >= 15 is 0 Å². The fraction of sp³-hybridized carbons (Fsp3) is 0.444. The van der Waals surface area contributed by atoms with Gasteiger partial charge in [-0.05, 0) is 6.42 Å². The molecule has 1 saturated heterocycles. The van der Waals surface area contributed by atoms with Crippen LogP contribution < -0.4 is 0 Å². The average molecular weight is 209 g/mol. The van der Waals surface area contributed by atoms with Gasteiger partial charge in [0.25, 0.3) is 5.91 Å². The molecule has 6 heteroatoms. The quantitative estimate of drug-likeness (QED) is 0.741. The number of carboxylic acids is 1. The number of nitrogens with zero attached hydrogens (tertiary/aromatic N) is 3. The zero-order chi connectivity index (χ0) is 11.0. The molecule has 1 aromatic rings. The number of carboxylic acid groups (broad SMARTS) is 1. The van der Waals surface area contributed by atoms with E-state index in [1.54, 1.807) is 4.90 Å². The van der Waals surface area contributed by atoms with Gasteiger partial charge in [0.15, 0.2) is 5.69 Å². The van der Waals surface area contributed by atoms with Crippen molar-refractivity contribution in [3.05, 3.63) is 17.5 Å². The maximum absolute atomic E-state index is 11.8. The summed E-state index contributed by atoms with van der Waals surface area (Å²) in [5.41, 5.74) is 0.122. The van der Waals surface area contributed by atoms with Crippen LogP contribution in [0.1, 0.15) is 27.3 Å². The normalized spacial score (nSPS) is 14.9. The summed E-state index contributed by atoms with van der Waals surface area (Å²) in [4.78, 5) is 24.3. The number of aromatic carboxylic acids is 1. The Morgan fingerprint density at radius 2 is 2.13 bits per heavy atom. The number of amides is 1. The van der Waals surface area contributed by atoms with Crippen LogP contribution in [0.25, 0.3) is 0 Å². The molecule has 1 aliphatic rings. The van der Waals surface area contributed by atoms with Crippen LogP contribution in [0.3, 0.4) is 0 Å². The van der Waals surface area contributed by atoms with E-state index in [-0.39, 0.29) is 17.2 Å². The SMILES string of the molecule is Cn1ncc(C(=O)N2CCC2)c1C(=O)O. The Labute approximate surface area is 86.1 Å². The maximum atomic E-state index is 11.8. The Morgan fingerprint density at radius 3 is 2.60 bits per heavy atom. The summed E-state index contributed by atoms with van der Waals surface area (Å²) in [5.74, 6) is -1.37. The first-order valence-corrected chi connectivity index (χ1v) is 4.66. The molecule has 6 nitrogen and oxygen atoms in total. The molecule has 0 saturated carbocycles. The molecule has 1 N–H and O–H groups in total. The van der Waals surface area contributed by atoms with Crippen molar-refractivity contribution >= 4 is 11.9 Å². The largest absolute Gasteiger partial charge is 0.477 e. The lowest BCUT2D eigenvalue weighted by Gasteiger charge is -2.30. The molecule has 0 atom stereocenters. The summed E-state index contributed by atoms with van der Waals surface area (Å²) in [6, 6.07) is 0. The Hall–Kier alpha value is -1.85.